The Morgan fingerprint density at radius 2 is 0.795 bits per heavy atom. The Hall–Kier alpha value is -2.38. The van der Waals surface area contributed by atoms with E-state index in [0.29, 0.717) is 0 Å². The standard InChI is InChI=1S/C38H28Br4O2/c1-37(2,3)17-11-13-19-23(15-17)29(39)31(41)35-25(19)27-28-26-20-14-12-18(38(4,5)6)16-24(20)30(40)32(42)36(26)44-34(28)22-10-8-7-9-21(22)33(27)43-35/h7-16H,1-6H3. The lowest BCUT2D eigenvalue weighted by Gasteiger charge is -2.20. The van der Waals surface area contributed by atoms with Gasteiger partial charge in [-0.3, -0.25) is 0 Å². The van der Waals surface area contributed by atoms with Gasteiger partial charge in [0.15, 0.2) is 11.2 Å². The summed E-state index contributed by atoms with van der Waals surface area (Å²) in [5.74, 6) is 0. The number of rotatable bonds is 0. The van der Waals surface area contributed by atoms with Crippen LogP contribution in [0.25, 0.3) is 76.2 Å². The lowest BCUT2D eigenvalue weighted by Crippen LogP contribution is -2.10. The van der Waals surface area contributed by atoms with Gasteiger partial charge in [-0.05, 0) is 119 Å². The van der Waals surface area contributed by atoms with Gasteiger partial charge in [-0.1, -0.05) is 90.1 Å². The second kappa shape index (κ2) is 9.57. The van der Waals surface area contributed by atoms with Crippen LogP contribution in [-0.2, 0) is 10.8 Å². The summed E-state index contributed by atoms with van der Waals surface area (Å²) in [4.78, 5) is 0. The van der Waals surface area contributed by atoms with Crippen molar-refractivity contribution in [1.29, 1.82) is 0 Å². The summed E-state index contributed by atoms with van der Waals surface area (Å²) in [6, 6.07) is 22.0. The van der Waals surface area contributed by atoms with Gasteiger partial charge < -0.3 is 8.83 Å². The highest BCUT2D eigenvalue weighted by atomic mass is 79.9. The molecule has 2 heterocycles. The van der Waals surface area contributed by atoms with Crippen LogP contribution in [0.2, 0.25) is 0 Å². The molecule has 0 unspecified atom stereocenters. The molecule has 0 aliphatic heterocycles. The molecule has 0 saturated carbocycles. The number of hydrogen-bond donors (Lipinski definition) is 0. The molecular weight excluding hydrogens is 808 g/mol. The van der Waals surface area contributed by atoms with Gasteiger partial charge in [-0.15, -0.1) is 0 Å². The lowest BCUT2D eigenvalue weighted by molar-refractivity contribution is 0.591. The number of furan rings is 2. The van der Waals surface area contributed by atoms with Crippen LogP contribution in [0.4, 0.5) is 0 Å². The zero-order valence-electron chi connectivity index (χ0n) is 25.1. The molecule has 0 aliphatic rings. The summed E-state index contributed by atoms with van der Waals surface area (Å²) in [6.07, 6.45) is 0. The first-order chi connectivity index (χ1) is 20.8. The number of fused-ring (bicyclic) bond motifs is 14. The zero-order chi connectivity index (χ0) is 31.0. The van der Waals surface area contributed by atoms with Crippen molar-refractivity contribution in [3.63, 3.8) is 0 Å². The minimum Gasteiger partial charge on any atom is -0.454 e. The molecule has 0 bridgehead atoms. The maximum absolute atomic E-state index is 6.90. The van der Waals surface area contributed by atoms with Gasteiger partial charge in [0.05, 0.1) is 8.95 Å². The van der Waals surface area contributed by atoms with Crippen LogP contribution in [-0.4, -0.2) is 0 Å². The molecule has 2 aromatic heterocycles. The van der Waals surface area contributed by atoms with E-state index < -0.39 is 0 Å². The Balaban J connectivity index is 1.70. The molecule has 0 aliphatic carbocycles. The molecule has 220 valence electrons. The van der Waals surface area contributed by atoms with Crippen molar-refractivity contribution >= 4 is 140 Å². The van der Waals surface area contributed by atoms with Crippen LogP contribution in [0.5, 0.6) is 0 Å². The van der Waals surface area contributed by atoms with Crippen LogP contribution < -0.4 is 0 Å². The molecule has 6 heteroatoms. The molecule has 8 aromatic rings. The molecule has 0 spiro atoms. The third-order valence-electron chi connectivity index (χ3n) is 9.05. The van der Waals surface area contributed by atoms with Crippen molar-refractivity contribution in [2.24, 2.45) is 0 Å². The van der Waals surface area contributed by atoms with Crippen molar-refractivity contribution in [3.8, 4) is 0 Å². The largest absolute Gasteiger partial charge is 0.454 e. The Labute approximate surface area is 288 Å². The van der Waals surface area contributed by atoms with E-state index in [1.165, 1.54) is 11.1 Å². The van der Waals surface area contributed by atoms with Crippen molar-refractivity contribution in [3.05, 3.63) is 89.7 Å². The first-order valence-electron chi connectivity index (χ1n) is 14.6. The molecular formula is C38H28Br4O2. The van der Waals surface area contributed by atoms with Gasteiger partial charge in [0.25, 0.3) is 0 Å². The quantitative estimate of drug-likeness (QED) is 0.152. The maximum Gasteiger partial charge on any atom is 0.151 e. The second-order valence-electron chi connectivity index (χ2n) is 13.8. The van der Waals surface area contributed by atoms with Gasteiger partial charge in [-0.2, -0.15) is 0 Å². The topological polar surface area (TPSA) is 26.3 Å². The fraction of sp³-hybridized carbons (Fsp3) is 0.211. The number of benzene rings is 6. The van der Waals surface area contributed by atoms with Crippen LogP contribution in [0.3, 0.4) is 0 Å². The molecule has 0 amide bonds. The zero-order valence-corrected chi connectivity index (χ0v) is 31.4. The first-order valence-corrected chi connectivity index (χ1v) is 17.8. The molecule has 6 aromatic carbocycles. The van der Waals surface area contributed by atoms with Crippen LogP contribution in [0.1, 0.15) is 52.7 Å². The van der Waals surface area contributed by atoms with Crippen molar-refractivity contribution in [1.82, 2.24) is 0 Å². The molecule has 0 radical (unpaired) electrons. The monoisotopic (exact) mass is 832 g/mol. The van der Waals surface area contributed by atoms with Gasteiger partial charge >= 0.3 is 0 Å². The van der Waals surface area contributed by atoms with Gasteiger partial charge in [0.2, 0.25) is 0 Å². The SMILES string of the molecule is CC(C)(C)c1ccc2c(c1)c(Br)c(Br)c1oc3c4ccccc4c4oc5c(Br)c(Br)c6cc(C(C)(C)C)ccc6c5c4c3c12. The predicted octanol–water partition coefficient (Wildman–Crippen LogP) is 14.6. The summed E-state index contributed by atoms with van der Waals surface area (Å²) in [6.45, 7) is 13.5. The fourth-order valence-electron chi connectivity index (χ4n) is 6.68. The molecule has 0 saturated heterocycles. The average Bonchev–Trinajstić information content (AvgIpc) is 3.58. The third kappa shape index (κ3) is 3.93. The smallest absolute Gasteiger partial charge is 0.151 e. The predicted molar refractivity (Wildman–Crippen MR) is 202 cm³/mol. The van der Waals surface area contributed by atoms with E-state index in [1.54, 1.807) is 0 Å². The van der Waals surface area contributed by atoms with E-state index in [-0.39, 0.29) is 10.8 Å². The van der Waals surface area contributed by atoms with E-state index in [4.69, 9.17) is 8.83 Å². The van der Waals surface area contributed by atoms with E-state index in [2.05, 4.69) is 166 Å². The van der Waals surface area contributed by atoms with Crippen LogP contribution >= 0.6 is 63.7 Å². The van der Waals surface area contributed by atoms with Crippen molar-refractivity contribution < 1.29 is 8.83 Å². The summed E-state index contributed by atoms with van der Waals surface area (Å²) >= 11 is 15.7. The highest BCUT2D eigenvalue weighted by Crippen LogP contribution is 2.53. The van der Waals surface area contributed by atoms with E-state index in [1.807, 2.05) is 0 Å². The molecule has 2 nitrogen and oxygen atoms in total. The van der Waals surface area contributed by atoms with E-state index >= 15 is 0 Å². The molecule has 8 rings (SSSR count). The minimum absolute atomic E-state index is 0.0161. The van der Waals surface area contributed by atoms with Crippen LogP contribution in [0.15, 0.2) is 87.4 Å². The fourth-order valence-corrected chi connectivity index (χ4v) is 8.68. The Morgan fingerprint density at radius 1 is 0.409 bits per heavy atom. The highest BCUT2D eigenvalue weighted by molar-refractivity contribution is 9.13. The maximum atomic E-state index is 6.90. The normalized spacial score (nSPS) is 13.2. The molecule has 44 heavy (non-hydrogen) atoms. The van der Waals surface area contributed by atoms with Crippen LogP contribution in [0, 0.1) is 0 Å². The summed E-state index contributed by atoms with van der Waals surface area (Å²) in [5, 5.41) is 11.0. The number of hydrogen-bond acceptors (Lipinski definition) is 2. The highest BCUT2D eigenvalue weighted by Gasteiger charge is 2.28. The molecule has 0 N–H and O–H groups in total. The van der Waals surface area contributed by atoms with Gasteiger partial charge in [-0.25, -0.2) is 0 Å². The van der Waals surface area contributed by atoms with Crippen molar-refractivity contribution in [2.75, 3.05) is 0 Å². The van der Waals surface area contributed by atoms with Gasteiger partial charge in [0.1, 0.15) is 11.2 Å². The third-order valence-corrected chi connectivity index (χ3v) is 13.3. The minimum atomic E-state index is 0.0161. The summed E-state index contributed by atoms with van der Waals surface area (Å²) in [7, 11) is 0. The molecule has 0 fully saturated rings. The summed E-state index contributed by atoms with van der Waals surface area (Å²) in [5.41, 5.74) is 5.97. The Kier molecular flexibility index (Phi) is 6.32. The van der Waals surface area contributed by atoms with Crippen molar-refractivity contribution in [2.45, 2.75) is 52.4 Å². The summed E-state index contributed by atoms with van der Waals surface area (Å²) < 4.78 is 17.6. The average molecular weight is 836 g/mol. The second-order valence-corrected chi connectivity index (χ2v) is 17.0. The lowest BCUT2D eigenvalue weighted by atomic mass is 9.85. The Bertz CT molecular complexity index is 2380. The molecule has 0 atom stereocenters. The first kappa shape index (κ1) is 29.1. The Morgan fingerprint density at radius 3 is 1.16 bits per heavy atom. The van der Waals surface area contributed by atoms with Gasteiger partial charge in [0, 0.05) is 41.3 Å². The van der Waals surface area contributed by atoms with E-state index in [0.717, 1.165) is 94.1 Å². The number of halogens is 4. The van der Waals surface area contributed by atoms with E-state index in [9.17, 15) is 0 Å².